The van der Waals surface area contributed by atoms with E-state index >= 15 is 0 Å². The maximum absolute atomic E-state index is 12.6. The summed E-state index contributed by atoms with van der Waals surface area (Å²) < 4.78 is 32.7. The Hall–Kier alpha value is -2.59. The first-order valence-electron chi connectivity index (χ1n) is 23.5. The van der Waals surface area contributed by atoms with Gasteiger partial charge in [-0.2, -0.15) is 0 Å². The molecule has 0 rings (SSSR count). The minimum atomic E-state index is -4.41. The molecule has 0 aromatic carbocycles. The van der Waals surface area contributed by atoms with Crippen molar-refractivity contribution in [3.63, 3.8) is 0 Å². The third kappa shape index (κ3) is 43.5. The van der Waals surface area contributed by atoms with Crippen molar-refractivity contribution >= 4 is 19.8 Å². The van der Waals surface area contributed by atoms with Crippen LogP contribution in [0.15, 0.2) is 72.9 Å². The molecular formula is C49H86NO9P. The standard InChI is InChI=1S/C49H86NO9P/c1-3-5-7-8-9-10-11-12-13-14-15-16-17-20-23-26-29-32-36-40-48(52)56-44-47(45-58-60(54,55)57-43-42-50)59-49(53)41-37-33-30-27-24-21-18-19-22-25-28-31-35-39-46(51)38-34-6-4-2/h6,19,21-22,24,28,30-31,33-35,39,46-47,51H,3-5,7-18,20,23,25-27,29,32,36-38,40-45,50H2,1-2H3,(H,54,55)/b22-19-,24-21-,31-28+,33-30-,34-6-,39-35+/t46?,47-/m1/s1. The van der Waals surface area contributed by atoms with Crippen molar-refractivity contribution in [1.82, 2.24) is 0 Å². The molecule has 0 aromatic rings. The largest absolute Gasteiger partial charge is 0.472 e. The van der Waals surface area contributed by atoms with E-state index in [1.165, 1.54) is 103 Å². The predicted octanol–water partition coefficient (Wildman–Crippen LogP) is 12.8. The van der Waals surface area contributed by atoms with Crippen LogP contribution in [0.25, 0.3) is 0 Å². The second-order valence-corrected chi connectivity index (χ2v) is 16.9. The van der Waals surface area contributed by atoms with Crippen molar-refractivity contribution in [2.75, 3.05) is 26.4 Å². The van der Waals surface area contributed by atoms with Crippen molar-refractivity contribution in [1.29, 1.82) is 0 Å². The molecule has 0 aliphatic heterocycles. The Kier molecular flexibility index (Phi) is 42.5. The number of rotatable bonds is 43. The number of phosphoric ester groups is 1. The van der Waals surface area contributed by atoms with Crippen LogP contribution in [0, 0.1) is 0 Å². The van der Waals surface area contributed by atoms with Gasteiger partial charge in [0.25, 0.3) is 0 Å². The molecule has 0 amide bonds. The summed E-state index contributed by atoms with van der Waals surface area (Å²) in [6.45, 7) is 3.44. The highest BCUT2D eigenvalue weighted by atomic mass is 31.2. The molecule has 10 nitrogen and oxygen atoms in total. The van der Waals surface area contributed by atoms with Crippen LogP contribution < -0.4 is 5.73 Å². The monoisotopic (exact) mass is 864 g/mol. The lowest BCUT2D eigenvalue weighted by Gasteiger charge is -2.19. The van der Waals surface area contributed by atoms with Crippen molar-refractivity contribution in [3.8, 4) is 0 Å². The van der Waals surface area contributed by atoms with Gasteiger partial charge in [0.1, 0.15) is 6.61 Å². The number of nitrogens with two attached hydrogens (primary N) is 1. The molecule has 0 radical (unpaired) electrons. The summed E-state index contributed by atoms with van der Waals surface area (Å²) in [5.41, 5.74) is 5.35. The Balaban J connectivity index is 4.25. The van der Waals surface area contributed by atoms with Crippen LogP contribution in [0.2, 0.25) is 0 Å². The zero-order valence-electron chi connectivity index (χ0n) is 37.8. The van der Waals surface area contributed by atoms with E-state index < -0.39 is 38.6 Å². The maximum atomic E-state index is 12.6. The molecule has 0 fully saturated rings. The van der Waals surface area contributed by atoms with Gasteiger partial charge in [0, 0.05) is 19.4 Å². The van der Waals surface area contributed by atoms with Gasteiger partial charge in [0.05, 0.1) is 19.3 Å². The summed E-state index contributed by atoms with van der Waals surface area (Å²) in [4.78, 5) is 34.9. The van der Waals surface area contributed by atoms with E-state index in [1.54, 1.807) is 6.08 Å². The molecule has 3 atom stereocenters. The molecule has 0 saturated carbocycles. The highest BCUT2D eigenvalue weighted by Gasteiger charge is 2.25. The number of allylic oxidation sites excluding steroid dienone is 10. The summed E-state index contributed by atoms with van der Waals surface area (Å²) in [6, 6.07) is 0. The van der Waals surface area contributed by atoms with Gasteiger partial charge < -0.3 is 25.2 Å². The fourth-order valence-corrected chi connectivity index (χ4v) is 6.98. The number of hydrogen-bond donors (Lipinski definition) is 3. The van der Waals surface area contributed by atoms with E-state index in [1.807, 2.05) is 42.5 Å². The SMILES string of the molecule is CC/C=C\CC(O)/C=C/C=C/C/C=C\C/C=C\C/C=C\CCC(=O)O[C@H](COC(=O)CCCCCCCCCCCCCCCCCCCCC)COP(=O)(O)OCCN. The smallest absolute Gasteiger partial charge is 0.462 e. The van der Waals surface area contributed by atoms with Gasteiger partial charge in [-0.15, -0.1) is 0 Å². The summed E-state index contributed by atoms with van der Waals surface area (Å²) in [5, 5.41) is 9.84. The Bertz CT molecular complexity index is 1230. The van der Waals surface area contributed by atoms with Crippen molar-refractivity contribution < 1.29 is 42.7 Å². The van der Waals surface area contributed by atoms with Crippen LogP contribution in [0.1, 0.15) is 187 Å². The van der Waals surface area contributed by atoms with Gasteiger partial charge in [0.15, 0.2) is 6.10 Å². The highest BCUT2D eigenvalue weighted by molar-refractivity contribution is 7.47. The molecular weight excluding hydrogens is 778 g/mol. The van der Waals surface area contributed by atoms with Crippen molar-refractivity contribution in [3.05, 3.63) is 72.9 Å². The molecule has 11 heteroatoms. The van der Waals surface area contributed by atoms with E-state index in [0.717, 1.165) is 44.9 Å². The lowest BCUT2D eigenvalue weighted by Crippen LogP contribution is -2.29. The number of aliphatic hydroxyl groups is 1. The van der Waals surface area contributed by atoms with E-state index in [2.05, 4.69) is 38.2 Å². The fourth-order valence-electron chi connectivity index (χ4n) is 6.22. The molecule has 60 heavy (non-hydrogen) atoms. The van der Waals surface area contributed by atoms with Gasteiger partial charge in [-0.1, -0.05) is 202 Å². The highest BCUT2D eigenvalue weighted by Crippen LogP contribution is 2.43. The number of unbranched alkanes of at least 4 members (excludes halogenated alkanes) is 18. The Morgan fingerprint density at radius 3 is 1.65 bits per heavy atom. The van der Waals surface area contributed by atoms with Crippen LogP contribution in [0.3, 0.4) is 0 Å². The zero-order valence-corrected chi connectivity index (χ0v) is 38.7. The van der Waals surface area contributed by atoms with E-state index in [-0.39, 0.29) is 32.6 Å². The number of carbonyl (C=O) groups is 2. The summed E-state index contributed by atoms with van der Waals surface area (Å²) in [6.07, 6.45) is 51.4. The first-order chi connectivity index (χ1) is 29.2. The molecule has 4 N–H and O–H groups in total. The van der Waals surface area contributed by atoms with E-state index in [0.29, 0.717) is 12.8 Å². The quantitative estimate of drug-likeness (QED) is 0.0177. The number of carbonyl (C=O) groups excluding carboxylic acids is 2. The summed E-state index contributed by atoms with van der Waals surface area (Å²) in [7, 11) is -4.41. The number of esters is 2. The fraction of sp³-hybridized carbons (Fsp3) is 0.714. The minimum absolute atomic E-state index is 0.0332. The number of hydrogen-bond acceptors (Lipinski definition) is 9. The van der Waals surface area contributed by atoms with Crippen LogP contribution in [-0.4, -0.2) is 60.5 Å². The van der Waals surface area contributed by atoms with Gasteiger partial charge in [-0.25, -0.2) is 4.57 Å². The normalized spacial score (nSPS) is 14.4. The Morgan fingerprint density at radius 1 is 0.600 bits per heavy atom. The topological polar surface area (TPSA) is 155 Å². The maximum Gasteiger partial charge on any atom is 0.472 e. The van der Waals surface area contributed by atoms with E-state index in [9.17, 15) is 24.2 Å². The van der Waals surface area contributed by atoms with E-state index in [4.69, 9.17) is 24.3 Å². The first-order valence-corrected chi connectivity index (χ1v) is 25.0. The summed E-state index contributed by atoms with van der Waals surface area (Å²) in [5.74, 6) is -0.946. The number of ether oxygens (including phenoxy) is 2. The molecule has 0 aliphatic carbocycles. The minimum Gasteiger partial charge on any atom is -0.462 e. The van der Waals surface area contributed by atoms with Gasteiger partial charge in [-0.3, -0.25) is 18.6 Å². The van der Waals surface area contributed by atoms with Crippen LogP contribution in [0.4, 0.5) is 0 Å². The van der Waals surface area contributed by atoms with Crippen LogP contribution in [0.5, 0.6) is 0 Å². The average Bonchev–Trinajstić information content (AvgIpc) is 3.23. The molecule has 0 bridgehead atoms. The Morgan fingerprint density at radius 2 is 1.12 bits per heavy atom. The molecule has 0 heterocycles. The lowest BCUT2D eigenvalue weighted by atomic mass is 10.0. The molecule has 0 saturated heterocycles. The second kappa shape index (κ2) is 44.5. The molecule has 0 aliphatic rings. The van der Waals surface area contributed by atoms with Gasteiger partial charge in [-0.05, 0) is 44.9 Å². The summed E-state index contributed by atoms with van der Waals surface area (Å²) >= 11 is 0. The third-order valence-electron chi connectivity index (χ3n) is 9.70. The van der Waals surface area contributed by atoms with Crippen molar-refractivity contribution in [2.45, 2.75) is 199 Å². The third-order valence-corrected chi connectivity index (χ3v) is 10.7. The lowest BCUT2D eigenvalue weighted by molar-refractivity contribution is -0.161. The number of phosphoric acid groups is 1. The molecule has 346 valence electrons. The number of aliphatic hydroxyl groups excluding tert-OH is 1. The first kappa shape index (κ1) is 57.4. The van der Waals surface area contributed by atoms with Gasteiger partial charge in [0.2, 0.25) is 0 Å². The van der Waals surface area contributed by atoms with Gasteiger partial charge >= 0.3 is 19.8 Å². The zero-order chi connectivity index (χ0) is 44.0. The van der Waals surface area contributed by atoms with Crippen LogP contribution >= 0.6 is 7.82 Å². The Labute approximate surface area is 365 Å². The molecule has 0 aromatic heterocycles. The second-order valence-electron chi connectivity index (χ2n) is 15.5. The van der Waals surface area contributed by atoms with Crippen LogP contribution in [-0.2, 0) is 32.7 Å². The molecule has 2 unspecified atom stereocenters. The molecule has 0 spiro atoms. The predicted molar refractivity (Wildman–Crippen MR) is 248 cm³/mol. The van der Waals surface area contributed by atoms with Crippen molar-refractivity contribution in [2.24, 2.45) is 5.73 Å². The average molecular weight is 864 g/mol.